The smallest absolute Gasteiger partial charge is 0.262 e. The molecule has 0 spiro atoms. The standard InChI is InChI=1S/C17H16INO2/c1-2-5-13-6-3-4-7-16(13)21-12-17(20)19-15-10-8-14(18)9-11-15/h2-4,6-11H,1,5,12H2,(H,19,20). The molecule has 4 heteroatoms. The van der Waals surface area contributed by atoms with Gasteiger partial charge in [0.05, 0.1) is 0 Å². The van der Waals surface area contributed by atoms with Crippen molar-refractivity contribution in [3.05, 3.63) is 70.3 Å². The molecule has 108 valence electrons. The molecule has 0 aliphatic rings. The van der Waals surface area contributed by atoms with Crippen LogP contribution >= 0.6 is 22.6 Å². The number of ether oxygens (including phenoxy) is 1. The van der Waals surface area contributed by atoms with Crippen LogP contribution in [0, 0.1) is 3.57 Å². The average Bonchev–Trinajstić information content (AvgIpc) is 2.49. The number of anilines is 1. The lowest BCUT2D eigenvalue weighted by atomic mass is 10.1. The highest BCUT2D eigenvalue weighted by Gasteiger charge is 2.06. The lowest BCUT2D eigenvalue weighted by molar-refractivity contribution is -0.118. The topological polar surface area (TPSA) is 38.3 Å². The van der Waals surface area contributed by atoms with Crippen LogP contribution in [0.2, 0.25) is 0 Å². The lowest BCUT2D eigenvalue weighted by Crippen LogP contribution is -2.20. The number of carbonyl (C=O) groups excluding carboxylic acids is 1. The molecule has 2 aromatic carbocycles. The van der Waals surface area contributed by atoms with Crippen LogP contribution in [-0.2, 0) is 11.2 Å². The molecule has 21 heavy (non-hydrogen) atoms. The van der Waals surface area contributed by atoms with Gasteiger partial charge in [-0.2, -0.15) is 0 Å². The van der Waals surface area contributed by atoms with Crippen LogP contribution in [0.1, 0.15) is 5.56 Å². The number of halogens is 1. The van der Waals surface area contributed by atoms with Gasteiger partial charge in [-0.25, -0.2) is 0 Å². The number of carbonyl (C=O) groups is 1. The molecule has 0 aliphatic carbocycles. The summed E-state index contributed by atoms with van der Waals surface area (Å²) >= 11 is 2.22. The molecule has 3 nitrogen and oxygen atoms in total. The molecule has 0 saturated carbocycles. The molecule has 0 unspecified atom stereocenters. The number of hydrogen-bond acceptors (Lipinski definition) is 2. The average molecular weight is 393 g/mol. The summed E-state index contributed by atoms with van der Waals surface area (Å²) in [4.78, 5) is 11.9. The molecule has 2 aromatic rings. The van der Waals surface area contributed by atoms with Gasteiger partial charge in [0.25, 0.3) is 5.91 Å². The van der Waals surface area contributed by atoms with Crippen molar-refractivity contribution in [3.63, 3.8) is 0 Å². The van der Waals surface area contributed by atoms with Crippen molar-refractivity contribution >= 4 is 34.2 Å². The maximum Gasteiger partial charge on any atom is 0.262 e. The van der Waals surface area contributed by atoms with Gasteiger partial charge in [-0.15, -0.1) is 6.58 Å². The van der Waals surface area contributed by atoms with Crippen LogP contribution in [0.15, 0.2) is 61.2 Å². The molecule has 0 bridgehead atoms. The molecule has 0 aliphatic heterocycles. The number of rotatable bonds is 6. The molecule has 1 N–H and O–H groups in total. The second-order valence-electron chi connectivity index (χ2n) is 4.44. The Morgan fingerprint density at radius 2 is 1.90 bits per heavy atom. The van der Waals surface area contributed by atoms with Crippen molar-refractivity contribution in [2.45, 2.75) is 6.42 Å². The Hall–Kier alpha value is -1.82. The summed E-state index contributed by atoms with van der Waals surface area (Å²) < 4.78 is 6.71. The van der Waals surface area contributed by atoms with Crippen LogP contribution < -0.4 is 10.1 Å². The van der Waals surface area contributed by atoms with Gasteiger partial charge in [-0.3, -0.25) is 4.79 Å². The van der Waals surface area contributed by atoms with Crippen molar-refractivity contribution in [3.8, 4) is 5.75 Å². The predicted octanol–water partition coefficient (Wildman–Crippen LogP) is 4.04. The number of para-hydroxylation sites is 1. The number of benzene rings is 2. The van der Waals surface area contributed by atoms with E-state index < -0.39 is 0 Å². The molecule has 0 aromatic heterocycles. The monoisotopic (exact) mass is 393 g/mol. The second kappa shape index (κ2) is 7.83. The SMILES string of the molecule is C=CCc1ccccc1OCC(=O)Nc1ccc(I)cc1. The van der Waals surface area contributed by atoms with Crippen LogP contribution in [-0.4, -0.2) is 12.5 Å². The van der Waals surface area contributed by atoms with E-state index in [1.807, 2.05) is 54.6 Å². The summed E-state index contributed by atoms with van der Waals surface area (Å²) in [5, 5.41) is 2.80. The molecule has 0 saturated heterocycles. The first-order valence-corrected chi connectivity index (χ1v) is 7.64. The van der Waals surface area contributed by atoms with Gasteiger partial charge in [-0.1, -0.05) is 24.3 Å². The quantitative estimate of drug-likeness (QED) is 0.595. The van der Waals surface area contributed by atoms with Crippen molar-refractivity contribution in [2.75, 3.05) is 11.9 Å². The number of allylic oxidation sites excluding steroid dienone is 1. The Morgan fingerprint density at radius 1 is 1.19 bits per heavy atom. The minimum absolute atomic E-state index is 0.0137. The van der Waals surface area contributed by atoms with Gasteiger partial charge in [0.2, 0.25) is 0 Å². The fraction of sp³-hybridized carbons (Fsp3) is 0.118. The first-order chi connectivity index (χ1) is 10.2. The van der Waals surface area contributed by atoms with E-state index in [1.54, 1.807) is 0 Å². The minimum Gasteiger partial charge on any atom is -0.483 e. The van der Waals surface area contributed by atoms with E-state index in [0.717, 1.165) is 27.0 Å². The van der Waals surface area contributed by atoms with Gasteiger partial charge in [-0.05, 0) is 64.9 Å². The van der Waals surface area contributed by atoms with E-state index in [9.17, 15) is 4.79 Å². The van der Waals surface area contributed by atoms with Gasteiger partial charge in [0.15, 0.2) is 6.61 Å². The summed E-state index contributed by atoms with van der Waals surface area (Å²) in [7, 11) is 0. The molecular weight excluding hydrogens is 377 g/mol. The third-order valence-corrected chi connectivity index (χ3v) is 3.54. The second-order valence-corrected chi connectivity index (χ2v) is 5.69. The lowest BCUT2D eigenvalue weighted by Gasteiger charge is -2.10. The third-order valence-electron chi connectivity index (χ3n) is 2.82. The van der Waals surface area contributed by atoms with Crippen LogP contribution in [0.25, 0.3) is 0 Å². The molecule has 1 amide bonds. The fourth-order valence-electron chi connectivity index (χ4n) is 1.84. The highest BCUT2D eigenvalue weighted by molar-refractivity contribution is 14.1. The normalized spacial score (nSPS) is 9.95. The summed E-state index contributed by atoms with van der Waals surface area (Å²) in [6.07, 6.45) is 2.53. The number of nitrogens with one attached hydrogen (secondary N) is 1. The third kappa shape index (κ3) is 4.90. The minimum atomic E-state index is -0.176. The zero-order chi connectivity index (χ0) is 15.1. The van der Waals surface area contributed by atoms with E-state index in [4.69, 9.17) is 4.74 Å². The molecule has 2 rings (SSSR count). The molecule has 0 radical (unpaired) electrons. The summed E-state index contributed by atoms with van der Waals surface area (Å²) in [5.41, 5.74) is 1.79. The van der Waals surface area contributed by atoms with Gasteiger partial charge in [0, 0.05) is 9.26 Å². The van der Waals surface area contributed by atoms with E-state index in [0.29, 0.717) is 0 Å². The van der Waals surface area contributed by atoms with Gasteiger partial charge >= 0.3 is 0 Å². The maximum absolute atomic E-state index is 11.9. The highest BCUT2D eigenvalue weighted by atomic mass is 127. The van der Waals surface area contributed by atoms with Gasteiger partial charge in [0.1, 0.15) is 5.75 Å². The van der Waals surface area contributed by atoms with Gasteiger partial charge < -0.3 is 10.1 Å². The summed E-state index contributed by atoms with van der Waals surface area (Å²) in [6.45, 7) is 3.71. The maximum atomic E-state index is 11.9. The largest absolute Gasteiger partial charge is 0.483 e. The molecule has 0 atom stereocenters. The van der Waals surface area contributed by atoms with Crippen molar-refractivity contribution in [1.82, 2.24) is 0 Å². The highest BCUT2D eigenvalue weighted by Crippen LogP contribution is 2.18. The number of hydrogen-bond donors (Lipinski definition) is 1. The Labute approximate surface area is 138 Å². The van der Waals surface area contributed by atoms with Crippen LogP contribution in [0.3, 0.4) is 0 Å². The Kier molecular flexibility index (Phi) is 5.80. The Bertz CT molecular complexity index is 623. The summed E-state index contributed by atoms with van der Waals surface area (Å²) in [6, 6.07) is 15.3. The zero-order valence-electron chi connectivity index (χ0n) is 11.5. The van der Waals surface area contributed by atoms with Crippen LogP contribution in [0.5, 0.6) is 5.75 Å². The van der Waals surface area contributed by atoms with E-state index >= 15 is 0 Å². The first-order valence-electron chi connectivity index (χ1n) is 6.56. The van der Waals surface area contributed by atoms with Crippen LogP contribution in [0.4, 0.5) is 5.69 Å². The molecule has 0 fully saturated rings. The molecular formula is C17H16INO2. The van der Waals surface area contributed by atoms with Crippen molar-refractivity contribution in [1.29, 1.82) is 0 Å². The number of amides is 1. The Balaban J connectivity index is 1.92. The predicted molar refractivity (Wildman–Crippen MR) is 93.6 cm³/mol. The van der Waals surface area contributed by atoms with Crippen molar-refractivity contribution in [2.24, 2.45) is 0 Å². The molecule has 0 heterocycles. The fourth-order valence-corrected chi connectivity index (χ4v) is 2.20. The zero-order valence-corrected chi connectivity index (χ0v) is 13.7. The Morgan fingerprint density at radius 3 is 2.62 bits per heavy atom. The van der Waals surface area contributed by atoms with E-state index in [2.05, 4.69) is 34.5 Å². The van der Waals surface area contributed by atoms with E-state index in [1.165, 1.54) is 0 Å². The van der Waals surface area contributed by atoms with Crippen molar-refractivity contribution < 1.29 is 9.53 Å². The van der Waals surface area contributed by atoms with E-state index in [-0.39, 0.29) is 12.5 Å². The summed E-state index contributed by atoms with van der Waals surface area (Å²) in [5.74, 6) is 0.541. The first kappa shape index (κ1) is 15.6.